The maximum Gasteiger partial charge on any atom is 0.475 e. The molecule has 142 heavy (non-hydrogen) atoms. The summed E-state index contributed by atoms with van der Waals surface area (Å²) in [7, 11) is 0.430. The minimum Gasteiger partial charge on any atom is -0.481 e. The van der Waals surface area contributed by atoms with Gasteiger partial charge >= 0.3 is 19.1 Å². The molecule has 35 N–H and O–H groups in total. The molecule has 0 saturated carbocycles. The summed E-state index contributed by atoms with van der Waals surface area (Å²) in [5.41, 5.74) is 6.74. The lowest BCUT2D eigenvalue weighted by molar-refractivity contribution is -0.139. The first-order chi connectivity index (χ1) is 67.1. The van der Waals surface area contributed by atoms with Gasteiger partial charge in [0, 0.05) is 99.4 Å². The van der Waals surface area contributed by atoms with Crippen LogP contribution in [0.3, 0.4) is 0 Å². The highest BCUT2D eigenvalue weighted by molar-refractivity contribution is 8.76. The van der Waals surface area contributed by atoms with Gasteiger partial charge in [-0.1, -0.05) is 65.8 Å². The van der Waals surface area contributed by atoms with Crippen molar-refractivity contribution in [2.45, 2.75) is 257 Å². The van der Waals surface area contributed by atoms with E-state index in [1.54, 1.807) is 42.5 Å². The normalized spacial score (nSPS) is 15.9. The SMILES string of the molecule is CC(C)C[C@H](NC(=O)[C@H](Cc1ccccc1)NC(=O)c1cnc(CSSC[C@@H](C)NC(=O)[C@H](CCC(=O)NC[C@H](O)[C@@H](O)[C@H](O)[C@H](O)CO)NC(=O)[C@H](CCC(=O)O)NC(=O)[C@H](CCC(=O)NC[C@H](O)[C@@H](O)[C@H](O)[C@H](O)CO)NC(=O)[C@H](CCC(=O)O)NC(=O)[C@H](CCC(=O)NC[C@H](O)[C@@H](O)[C@H](O)[C@H](O)CO)NC(=O)CC[C@@H](C)NC(=O)c2ccc(NCc3cnc4nc(N)[nH]c(=O)c4n3)cc2)cn1)B(O)O. The molecule has 0 aliphatic carbocycles. The second-order valence-electron chi connectivity index (χ2n) is 33.7. The number of fused-ring (bicyclic) bond motifs is 1. The van der Waals surface area contributed by atoms with Crippen LogP contribution in [0, 0.1) is 5.92 Å². The van der Waals surface area contributed by atoms with Gasteiger partial charge in [0.15, 0.2) is 11.2 Å². The van der Waals surface area contributed by atoms with Crippen LogP contribution in [0.15, 0.2) is 78.0 Å². The van der Waals surface area contributed by atoms with Crippen LogP contribution in [0.25, 0.3) is 11.2 Å². The van der Waals surface area contributed by atoms with Crippen molar-refractivity contribution in [1.29, 1.82) is 0 Å². The zero-order chi connectivity index (χ0) is 106. The molecule has 0 fully saturated rings. The van der Waals surface area contributed by atoms with E-state index in [0.717, 1.165) is 17.0 Å². The molecule has 0 saturated heterocycles. The number of nitrogens with zero attached hydrogens (tertiary/aromatic N) is 5. The molecule has 0 aliphatic rings. The molecule has 3 heterocycles. The fourth-order valence-corrected chi connectivity index (χ4v) is 15.5. The first-order valence-corrected chi connectivity index (χ1v) is 47.4. The summed E-state index contributed by atoms with van der Waals surface area (Å²) in [4.78, 5) is 229. The van der Waals surface area contributed by atoms with E-state index in [1.807, 2.05) is 13.8 Å². The Bertz CT molecular complexity index is 4980. The number of H-pyrrole nitrogens is 1. The molecule has 5 aromatic rings. The monoisotopic (exact) mass is 2050 g/mol. The number of aromatic amines is 1. The van der Waals surface area contributed by atoms with Crippen molar-refractivity contribution in [2.75, 3.05) is 56.3 Å². The smallest absolute Gasteiger partial charge is 0.475 e. The lowest BCUT2D eigenvalue weighted by Gasteiger charge is -2.28. The zero-order valence-electron chi connectivity index (χ0n) is 77.7. The number of anilines is 2. The standard InChI is InChI=1S/C85H127BN20O34S2/c1-40(2)26-61(86(139)140)104-82(136)53(27-43-8-6-5-7-9-43)103-83(137)54-31-89-47(30-90-54)39-142-141-38-42(4)96-77(131)49(16-22-63(117)92-33-56(111)70(125)73(128)59(114)36-108)99-80(134)52(19-25-67(122)123)102-79(133)50(17-23-64(118)93-34-57(112)71(126)74(129)60(115)37-109)100-81(135)51(18-24-66(120)121)101-78(132)48(15-21-62(116)91-32-55(110)69(124)72(127)58(113)35-107)98-65(119)20-10-41(3)95-76(130)44-11-13-45(14-12-44)88-28-46-29-94-75-68(97-46)84(138)106-85(87)105-75/h5-9,11-14,29-31,40-42,48-53,55-61,69-74,88,107-115,124-129,139-140H,10,15-28,32-39H2,1-4H3,(H,91,116)(H,92,117)(H,93,118)(H,95,130)(H,96,131)(H,98,119)(H,99,134)(H,100,135)(H,101,132)(H,102,133)(H,103,137)(H,104,136)(H,120,121)(H,122,123)(H3,87,94,105,106,138)/t41-,42-,48+,49+,50+,51+,52+,53+,55+,56+,57+,58-,59-,60-,61+,69-,70-,71-,72-,73-,74-/m1/s1. The molecule has 3 aromatic heterocycles. The van der Waals surface area contributed by atoms with Crippen LogP contribution in [-0.2, 0) is 76.3 Å². The molecule has 0 radical (unpaired) electrons. The number of hydrogen-bond donors (Lipinski definition) is 34. The number of aliphatic carboxylic acids is 2. The number of rotatable bonds is 66. The lowest BCUT2D eigenvalue weighted by Crippen LogP contribution is -2.59. The first kappa shape index (κ1) is 120. The number of nitrogen functional groups attached to an aromatic ring is 1. The van der Waals surface area contributed by atoms with Crippen LogP contribution in [0.2, 0.25) is 0 Å². The van der Waals surface area contributed by atoms with Crippen molar-refractivity contribution in [3.05, 3.63) is 112 Å². The third-order valence-electron chi connectivity index (χ3n) is 21.5. The number of carbonyl (C=O) groups excluding carboxylic acids is 12. The molecule has 54 nitrogen and oxygen atoms in total. The van der Waals surface area contributed by atoms with E-state index in [4.69, 9.17) is 5.73 Å². The molecule has 786 valence electrons. The predicted octanol–water partition coefficient (Wildman–Crippen LogP) is -11.3. The number of benzene rings is 2. The number of carboxylic acids is 2. The Hall–Kier alpha value is -12.0. The Labute approximate surface area is 819 Å². The fraction of sp³-hybridized carbons (Fsp3) is 0.576. The Morgan fingerprint density at radius 2 is 0.852 bits per heavy atom. The summed E-state index contributed by atoms with van der Waals surface area (Å²) in [5.74, 6) is -17.4. The summed E-state index contributed by atoms with van der Waals surface area (Å²) in [6.45, 7) is 0.897. The summed E-state index contributed by atoms with van der Waals surface area (Å²) in [5, 5.41) is 223. The van der Waals surface area contributed by atoms with Gasteiger partial charge in [0.2, 0.25) is 65.0 Å². The Kier molecular flexibility index (Phi) is 52.4. The molecular formula is C85H127BN20O34S2. The minimum absolute atomic E-state index is 0.00323. The van der Waals surface area contributed by atoms with E-state index >= 15 is 0 Å². The van der Waals surface area contributed by atoms with E-state index in [2.05, 4.69) is 99.0 Å². The molecule has 2 aromatic carbocycles. The highest BCUT2D eigenvalue weighted by Gasteiger charge is 2.39. The van der Waals surface area contributed by atoms with Gasteiger partial charge in [-0.05, 0) is 94.5 Å². The van der Waals surface area contributed by atoms with Crippen LogP contribution in [0.1, 0.15) is 149 Å². The van der Waals surface area contributed by atoms with E-state index in [1.165, 1.54) is 49.2 Å². The largest absolute Gasteiger partial charge is 0.481 e. The van der Waals surface area contributed by atoms with Crippen LogP contribution in [-0.4, -0.2) is 389 Å². The summed E-state index contributed by atoms with van der Waals surface area (Å²) in [6.07, 6.45) is -30.2. The van der Waals surface area contributed by atoms with Crippen molar-refractivity contribution in [2.24, 2.45) is 5.92 Å². The van der Waals surface area contributed by atoms with Gasteiger partial charge in [0.05, 0.1) is 80.6 Å². The molecule has 0 bridgehead atoms. The molecule has 12 amide bonds. The molecular weight excluding hydrogens is 1920 g/mol. The quantitative estimate of drug-likeness (QED) is 0.00976. The Balaban J connectivity index is 1.42. The van der Waals surface area contributed by atoms with Crippen LogP contribution in [0.4, 0.5) is 11.6 Å². The average molecular weight is 2050 g/mol. The number of carbonyl (C=O) groups is 14. The van der Waals surface area contributed by atoms with E-state index < -0.39 is 333 Å². The number of amides is 12. The minimum atomic E-state index is -2.23. The maximum atomic E-state index is 14.9. The number of aromatic nitrogens is 6. The summed E-state index contributed by atoms with van der Waals surface area (Å²) in [6, 6.07) is 1.58. The van der Waals surface area contributed by atoms with Crippen molar-refractivity contribution in [1.82, 2.24) is 93.7 Å². The number of aliphatic hydroxyl groups is 15. The molecule has 21 atom stereocenters. The highest BCUT2D eigenvalue weighted by atomic mass is 33.1. The molecule has 0 unspecified atom stereocenters. The summed E-state index contributed by atoms with van der Waals surface area (Å²) >= 11 is 0. The molecule has 5 rings (SSSR count). The summed E-state index contributed by atoms with van der Waals surface area (Å²) < 4.78 is 0. The van der Waals surface area contributed by atoms with Gasteiger partial charge in [-0.3, -0.25) is 81.9 Å². The van der Waals surface area contributed by atoms with Gasteiger partial charge in [-0.25, -0.2) is 15.0 Å². The third kappa shape index (κ3) is 42.7. The fourth-order valence-electron chi connectivity index (χ4n) is 13.3. The molecule has 57 heteroatoms. The van der Waals surface area contributed by atoms with Gasteiger partial charge < -0.3 is 172 Å². The molecule has 0 spiro atoms. The number of nitrogens with one attached hydrogen (secondary N) is 14. The Morgan fingerprint density at radius 3 is 1.28 bits per heavy atom. The van der Waals surface area contributed by atoms with Crippen molar-refractivity contribution in [3.63, 3.8) is 0 Å². The molecule has 0 aliphatic heterocycles. The van der Waals surface area contributed by atoms with Gasteiger partial charge in [0.1, 0.15) is 96.9 Å². The van der Waals surface area contributed by atoms with E-state index in [0.29, 0.717) is 22.6 Å². The second kappa shape index (κ2) is 61.8. The van der Waals surface area contributed by atoms with Crippen molar-refractivity contribution < 1.29 is 164 Å². The third-order valence-corrected chi connectivity index (χ3v) is 24.0. The predicted molar refractivity (Wildman–Crippen MR) is 502 cm³/mol. The Morgan fingerprint density at radius 1 is 0.430 bits per heavy atom. The van der Waals surface area contributed by atoms with E-state index in [-0.39, 0.29) is 71.6 Å². The van der Waals surface area contributed by atoms with Gasteiger partial charge in [-0.15, -0.1) is 0 Å². The first-order valence-electron chi connectivity index (χ1n) is 44.9. The van der Waals surface area contributed by atoms with Crippen LogP contribution < -0.4 is 80.4 Å². The number of carboxylic acid groups (broad SMARTS) is 2. The van der Waals surface area contributed by atoms with Crippen molar-refractivity contribution in [3.8, 4) is 0 Å². The van der Waals surface area contributed by atoms with Crippen LogP contribution in [0.5, 0.6) is 0 Å². The number of aliphatic hydroxyl groups excluding tert-OH is 15. The van der Waals surface area contributed by atoms with E-state index in [9.17, 15) is 169 Å². The van der Waals surface area contributed by atoms with Crippen LogP contribution >= 0.6 is 21.6 Å². The van der Waals surface area contributed by atoms with Crippen molar-refractivity contribution >= 4 is 134 Å². The zero-order valence-corrected chi connectivity index (χ0v) is 79.4. The maximum absolute atomic E-state index is 14.9. The highest BCUT2D eigenvalue weighted by Crippen LogP contribution is 2.26. The average Bonchev–Trinajstić information content (AvgIpc) is 0.810. The second-order valence-corrected chi connectivity index (χ2v) is 36.2. The number of hydrogen-bond acceptors (Lipinski definition) is 41. The van der Waals surface area contributed by atoms with Gasteiger partial charge in [0.25, 0.3) is 17.4 Å². The number of nitrogens with two attached hydrogens (primary N) is 1. The lowest BCUT2D eigenvalue weighted by atomic mass is 9.75. The van der Waals surface area contributed by atoms with Gasteiger partial charge in [-0.2, -0.15) is 4.98 Å². The topological polar surface area (TPSA) is 903 Å².